The molecule has 0 aliphatic heterocycles. The topological polar surface area (TPSA) is 101 Å². The minimum Gasteiger partial charge on any atom is -0.506 e. The zero-order chi connectivity index (χ0) is 11.2. The molecule has 5 heteroatoms. The first kappa shape index (κ1) is 9.97. The molecule has 1 aromatic carbocycles. The first-order valence-electron chi connectivity index (χ1n) is 4.31. The molecule has 0 fully saturated rings. The van der Waals surface area contributed by atoms with Gasteiger partial charge in [-0.05, 0) is 0 Å². The molecular weight excluding hydrogens is 200 g/mol. The Bertz CT molecular complexity index is 435. The van der Waals surface area contributed by atoms with E-state index in [-0.39, 0.29) is 11.1 Å². The third-order valence-electron chi connectivity index (χ3n) is 2.46. The van der Waals surface area contributed by atoms with E-state index in [9.17, 15) is 25.5 Å². The quantitative estimate of drug-likeness (QED) is 0.387. The normalized spacial score (nSPS) is 23.8. The number of aliphatic hydroxyl groups excluding tert-OH is 3. The maximum atomic E-state index is 9.58. The van der Waals surface area contributed by atoms with Gasteiger partial charge < -0.3 is 25.5 Å². The molecule has 1 unspecified atom stereocenters. The molecular formula is C10H10O5. The van der Waals surface area contributed by atoms with Crippen LogP contribution in [0, 0.1) is 0 Å². The van der Waals surface area contributed by atoms with Crippen molar-refractivity contribution in [1.82, 2.24) is 0 Å². The maximum absolute atomic E-state index is 9.58. The Morgan fingerprint density at radius 2 is 1.67 bits per heavy atom. The van der Waals surface area contributed by atoms with Gasteiger partial charge in [0.2, 0.25) is 5.79 Å². The van der Waals surface area contributed by atoms with Gasteiger partial charge in [0.05, 0.1) is 0 Å². The van der Waals surface area contributed by atoms with Crippen molar-refractivity contribution in [3.8, 4) is 0 Å². The van der Waals surface area contributed by atoms with Gasteiger partial charge in [0.15, 0.2) is 17.6 Å². The number of fused-ring (bicyclic) bond motifs is 1. The fraction of sp³-hybridized carbons (Fsp3) is 0.200. The number of benzene rings is 1. The summed E-state index contributed by atoms with van der Waals surface area (Å²) in [6.45, 7) is 0. The van der Waals surface area contributed by atoms with Crippen LogP contribution in [0.15, 0.2) is 30.0 Å². The zero-order valence-electron chi connectivity index (χ0n) is 7.62. The molecule has 0 saturated carbocycles. The van der Waals surface area contributed by atoms with E-state index >= 15 is 0 Å². The molecule has 5 N–H and O–H groups in total. The lowest BCUT2D eigenvalue weighted by Crippen LogP contribution is -2.44. The van der Waals surface area contributed by atoms with Crippen LogP contribution in [-0.2, 0) is 5.79 Å². The molecule has 1 aromatic rings. The van der Waals surface area contributed by atoms with Crippen molar-refractivity contribution in [3.63, 3.8) is 0 Å². The second kappa shape index (κ2) is 2.96. The maximum Gasteiger partial charge on any atom is 0.225 e. The van der Waals surface area contributed by atoms with Gasteiger partial charge in [0.25, 0.3) is 0 Å². The van der Waals surface area contributed by atoms with Crippen molar-refractivity contribution in [3.05, 3.63) is 41.2 Å². The summed E-state index contributed by atoms with van der Waals surface area (Å²) in [7, 11) is 0. The Kier molecular flexibility index (Phi) is 1.97. The van der Waals surface area contributed by atoms with E-state index in [0.717, 1.165) is 0 Å². The molecule has 0 heterocycles. The van der Waals surface area contributed by atoms with Gasteiger partial charge in [-0.25, -0.2) is 0 Å². The molecule has 15 heavy (non-hydrogen) atoms. The third kappa shape index (κ3) is 1.21. The summed E-state index contributed by atoms with van der Waals surface area (Å²) in [5, 5.41) is 47.3. The zero-order valence-corrected chi connectivity index (χ0v) is 7.62. The van der Waals surface area contributed by atoms with Crippen molar-refractivity contribution in [1.29, 1.82) is 0 Å². The van der Waals surface area contributed by atoms with Crippen LogP contribution in [0.5, 0.6) is 0 Å². The second-order valence-electron chi connectivity index (χ2n) is 3.41. The van der Waals surface area contributed by atoms with E-state index in [1.807, 2.05) is 0 Å². The summed E-state index contributed by atoms with van der Waals surface area (Å²) in [6.07, 6.45) is -1.95. The Morgan fingerprint density at radius 1 is 1.07 bits per heavy atom. The molecule has 5 nitrogen and oxygen atoms in total. The Morgan fingerprint density at radius 3 is 2.33 bits per heavy atom. The summed E-state index contributed by atoms with van der Waals surface area (Å²) in [6, 6.07) is 5.85. The van der Waals surface area contributed by atoms with Gasteiger partial charge in [-0.3, -0.25) is 0 Å². The van der Waals surface area contributed by atoms with Crippen LogP contribution >= 0.6 is 0 Å². The Labute approximate surface area is 85.2 Å². The highest BCUT2D eigenvalue weighted by molar-refractivity contribution is 5.68. The van der Waals surface area contributed by atoms with E-state index in [1.54, 1.807) is 6.07 Å². The molecule has 0 bridgehead atoms. The van der Waals surface area contributed by atoms with Crippen LogP contribution in [0.1, 0.15) is 11.1 Å². The smallest absolute Gasteiger partial charge is 0.225 e. The first-order valence-corrected chi connectivity index (χ1v) is 4.31. The van der Waals surface area contributed by atoms with E-state index in [0.29, 0.717) is 0 Å². The van der Waals surface area contributed by atoms with Crippen LogP contribution in [0.3, 0.4) is 0 Å². The predicted molar refractivity (Wildman–Crippen MR) is 50.7 cm³/mol. The third-order valence-corrected chi connectivity index (χ3v) is 2.46. The minimum absolute atomic E-state index is 0.0483. The average molecular weight is 210 g/mol. The van der Waals surface area contributed by atoms with E-state index in [4.69, 9.17) is 0 Å². The molecule has 0 spiro atoms. The molecule has 80 valence electrons. The van der Waals surface area contributed by atoms with Gasteiger partial charge in [-0.1, -0.05) is 24.3 Å². The predicted octanol–water partition coefficient (Wildman–Crippen LogP) is -0.0169. The minimum atomic E-state index is -2.59. The lowest BCUT2D eigenvalue weighted by atomic mass is 9.87. The molecule has 0 radical (unpaired) electrons. The van der Waals surface area contributed by atoms with Gasteiger partial charge in [-0.2, -0.15) is 0 Å². The Balaban J connectivity index is 2.74. The summed E-state index contributed by atoms with van der Waals surface area (Å²) >= 11 is 0. The monoisotopic (exact) mass is 210 g/mol. The van der Waals surface area contributed by atoms with Gasteiger partial charge >= 0.3 is 0 Å². The fourth-order valence-electron chi connectivity index (χ4n) is 1.62. The largest absolute Gasteiger partial charge is 0.506 e. The Hall–Kier alpha value is -1.56. The highest BCUT2D eigenvalue weighted by Crippen LogP contribution is 2.37. The van der Waals surface area contributed by atoms with Crippen LogP contribution in [0.25, 0.3) is 5.76 Å². The summed E-state index contributed by atoms with van der Waals surface area (Å²) < 4.78 is 0. The average Bonchev–Trinajstić information content (AvgIpc) is 2.24. The summed E-state index contributed by atoms with van der Waals surface area (Å²) in [5.74, 6) is -3.98. The van der Waals surface area contributed by atoms with Crippen LogP contribution in [0.2, 0.25) is 0 Å². The van der Waals surface area contributed by atoms with E-state index < -0.39 is 23.4 Å². The molecule has 0 saturated heterocycles. The molecule has 0 aromatic heterocycles. The lowest BCUT2D eigenvalue weighted by Gasteiger charge is -2.32. The number of hydrogen-bond acceptors (Lipinski definition) is 5. The molecule has 1 aliphatic rings. The number of hydrogen-bond donors (Lipinski definition) is 5. The van der Waals surface area contributed by atoms with Crippen LogP contribution < -0.4 is 0 Å². The number of rotatable bonds is 0. The lowest BCUT2D eigenvalue weighted by molar-refractivity contribution is -0.232. The second-order valence-corrected chi connectivity index (χ2v) is 3.41. The van der Waals surface area contributed by atoms with Crippen molar-refractivity contribution in [2.75, 3.05) is 0 Å². The highest BCUT2D eigenvalue weighted by atomic mass is 16.5. The molecule has 0 amide bonds. The van der Waals surface area contributed by atoms with Crippen molar-refractivity contribution in [2.24, 2.45) is 0 Å². The van der Waals surface area contributed by atoms with Gasteiger partial charge in [0, 0.05) is 11.1 Å². The summed E-state index contributed by atoms with van der Waals surface area (Å²) in [4.78, 5) is 0. The van der Waals surface area contributed by atoms with Crippen molar-refractivity contribution in [2.45, 2.75) is 11.9 Å². The molecule has 2 rings (SSSR count). The van der Waals surface area contributed by atoms with Gasteiger partial charge in [0.1, 0.15) is 0 Å². The summed E-state index contributed by atoms with van der Waals surface area (Å²) in [5.41, 5.74) is 0.0399. The first-order chi connectivity index (χ1) is 6.96. The standard InChI is InChI=1S/C10H10O5/c11-7-5-3-1-2-4-6(5)10(14,15)9(13)8(7)12/h1-4,9,11-15H. The van der Waals surface area contributed by atoms with Crippen molar-refractivity contribution < 1.29 is 25.5 Å². The molecule has 1 atom stereocenters. The van der Waals surface area contributed by atoms with Crippen LogP contribution in [0.4, 0.5) is 0 Å². The van der Waals surface area contributed by atoms with Gasteiger partial charge in [-0.15, -0.1) is 0 Å². The molecule has 1 aliphatic carbocycles. The highest BCUT2D eigenvalue weighted by Gasteiger charge is 2.45. The van der Waals surface area contributed by atoms with Crippen molar-refractivity contribution >= 4 is 5.76 Å². The van der Waals surface area contributed by atoms with E-state index in [1.165, 1.54) is 18.2 Å². The van der Waals surface area contributed by atoms with E-state index in [2.05, 4.69) is 0 Å². The van der Waals surface area contributed by atoms with Crippen LogP contribution in [-0.4, -0.2) is 31.6 Å². The number of aliphatic hydroxyl groups is 5. The SMILES string of the molecule is OC1=C(O)C(O)C(O)(O)c2ccccc21. The fourth-order valence-corrected chi connectivity index (χ4v) is 1.62.